The highest BCUT2D eigenvalue weighted by Gasteiger charge is 2.21. The van der Waals surface area contributed by atoms with E-state index in [-0.39, 0.29) is 18.1 Å². The normalized spacial score (nSPS) is 13.4. The first kappa shape index (κ1) is 17.5. The maximum atomic E-state index is 12.2. The molecule has 3 rings (SSSR count). The first-order valence-electron chi connectivity index (χ1n) is 8.29. The van der Waals surface area contributed by atoms with E-state index in [1.807, 2.05) is 30.3 Å². The molecule has 26 heavy (non-hydrogen) atoms. The number of amides is 1. The molecule has 2 aromatic carbocycles. The second-order valence-electron chi connectivity index (χ2n) is 5.94. The SMILES string of the molecule is COc1cc(C#N)ccc1OC(=O)Cc1ccc(N2CCCC2=O)cc1. The predicted molar refractivity (Wildman–Crippen MR) is 95.1 cm³/mol. The highest BCUT2D eigenvalue weighted by Crippen LogP contribution is 2.28. The van der Waals surface area contributed by atoms with Crippen molar-refractivity contribution in [2.75, 3.05) is 18.6 Å². The van der Waals surface area contributed by atoms with Gasteiger partial charge in [-0.25, -0.2) is 0 Å². The fourth-order valence-electron chi connectivity index (χ4n) is 2.86. The molecule has 6 heteroatoms. The molecule has 0 saturated carbocycles. The van der Waals surface area contributed by atoms with E-state index in [1.165, 1.54) is 19.2 Å². The van der Waals surface area contributed by atoms with E-state index in [9.17, 15) is 9.59 Å². The van der Waals surface area contributed by atoms with Gasteiger partial charge in [0.2, 0.25) is 5.91 Å². The number of ether oxygens (including phenoxy) is 2. The molecule has 0 unspecified atom stereocenters. The second kappa shape index (κ2) is 7.70. The number of anilines is 1. The number of nitriles is 1. The standard InChI is InChI=1S/C20H18N2O4/c1-25-18-11-15(13-21)6-9-17(18)26-20(24)12-14-4-7-16(8-5-14)22-10-2-3-19(22)23/h4-9,11H,2-3,10,12H2,1H3. The van der Waals surface area contributed by atoms with Gasteiger partial charge in [-0.3, -0.25) is 9.59 Å². The van der Waals surface area contributed by atoms with Gasteiger partial charge in [0.05, 0.1) is 25.2 Å². The summed E-state index contributed by atoms with van der Waals surface area (Å²) in [5.74, 6) is 0.305. The number of hydrogen-bond donors (Lipinski definition) is 0. The lowest BCUT2D eigenvalue weighted by Gasteiger charge is -2.15. The van der Waals surface area contributed by atoms with Crippen LogP contribution in [0.1, 0.15) is 24.0 Å². The van der Waals surface area contributed by atoms with E-state index in [2.05, 4.69) is 0 Å². The quantitative estimate of drug-likeness (QED) is 0.612. The third kappa shape index (κ3) is 3.83. The monoisotopic (exact) mass is 350 g/mol. The zero-order chi connectivity index (χ0) is 18.5. The van der Waals surface area contributed by atoms with Gasteiger partial charge in [0, 0.05) is 24.7 Å². The van der Waals surface area contributed by atoms with E-state index in [4.69, 9.17) is 14.7 Å². The van der Waals surface area contributed by atoms with Crippen LogP contribution in [0.4, 0.5) is 5.69 Å². The van der Waals surface area contributed by atoms with Crippen LogP contribution < -0.4 is 14.4 Å². The van der Waals surface area contributed by atoms with E-state index < -0.39 is 5.97 Å². The van der Waals surface area contributed by atoms with Gasteiger partial charge < -0.3 is 14.4 Å². The van der Waals surface area contributed by atoms with Gasteiger partial charge in [0.15, 0.2) is 11.5 Å². The number of methoxy groups -OCH3 is 1. The van der Waals surface area contributed by atoms with Gasteiger partial charge >= 0.3 is 5.97 Å². The van der Waals surface area contributed by atoms with Gasteiger partial charge in [0.25, 0.3) is 0 Å². The molecule has 1 fully saturated rings. The molecule has 0 bridgehead atoms. The van der Waals surface area contributed by atoms with Crippen molar-refractivity contribution in [1.82, 2.24) is 0 Å². The summed E-state index contributed by atoms with van der Waals surface area (Å²) >= 11 is 0. The maximum Gasteiger partial charge on any atom is 0.315 e. The molecule has 2 aromatic rings. The van der Waals surface area contributed by atoms with Gasteiger partial charge in [-0.05, 0) is 36.2 Å². The summed E-state index contributed by atoms with van der Waals surface area (Å²) < 4.78 is 10.5. The minimum Gasteiger partial charge on any atom is -0.493 e. The van der Waals surface area contributed by atoms with Crippen molar-refractivity contribution >= 4 is 17.6 Å². The molecule has 1 aliphatic rings. The average molecular weight is 350 g/mol. The molecule has 0 aromatic heterocycles. The number of rotatable bonds is 5. The first-order valence-corrected chi connectivity index (χ1v) is 8.29. The minimum absolute atomic E-state index is 0.0946. The minimum atomic E-state index is -0.432. The Hall–Kier alpha value is -3.33. The van der Waals surface area contributed by atoms with E-state index in [0.717, 1.165) is 24.2 Å². The van der Waals surface area contributed by atoms with Crippen molar-refractivity contribution in [2.45, 2.75) is 19.3 Å². The topological polar surface area (TPSA) is 79.6 Å². The van der Waals surface area contributed by atoms with Gasteiger partial charge in [-0.15, -0.1) is 0 Å². The third-order valence-electron chi connectivity index (χ3n) is 4.19. The fraction of sp³-hybridized carbons (Fsp3) is 0.250. The Bertz CT molecular complexity index is 868. The second-order valence-corrected chi connectivity index (χ2v) is 5.94. The van der Waals surface area contributed by atoms with Crippen molar-refractivity contribution < 1.29 is 19.1 Å². The Kier molecular flexibility index (Phi) is 5.18. The smallest absolute Gasteiger partial charge is 0.315 e. The van der Waals surface area contributed by atoms with Crippen LogP contribution in [-0.4, -0.2) is 25.5 Å². The van der Waals surface area contributed by atoms with Crippen LogP contribution in [0.25, 0.3) is 0 Å². The first-order chi connectivity index (χ1) is 12.6. The third-order valence-corrected chi connectivity index (χ3v) is 4.19. The Balaban J connectivity index is 1.65. The van der Waals surface area contributed by atoms with E-state index in [0.29, 0.717) is 17.7 Å². The molecule has 132 valence electrons. The summed E-state index contributed by atoms with van der Waals surface area (Å²) in [7, 11) is 1.45. The zero-order valence-corrected chi connectivity index (χ0v) is 14.4. The zero-order valence-electron chi connectivity index (χ0n) is 14.4. The van der Waals surface area contributed by atoms with Crippen molar-refractivity contribution in [3.63, 3.8) is 0 Å². The van der Waals surface area contributed by atoms with Gasteiger partial charge in [0.1, 0.15) is 0 Å². The van der Waals surface area contributed by atoms with Crippen LogP contribution in [0.15, 0.2) is 42.5 Å². The highest BCUT2D eigenvalue weighted by molar-refractivity contribution is 5.95. The van der Waals surface area contributed by atoms with Gasteiger partial charge in [-0.1, -0.05) is 12.1 Å². The number of esters is 1. The van der Waals surface area contributed by atoms with Crippen molar-refractivity contribution in [2.24, 2.45) is 0 Å². The van der Waals surface area contributed by atoms with Crippen LogP contribution in [0.2, 0.25) is 0 Å². The van der Waals surface area contributed by atoms with Crippen molar-refractivity contribution in [3.05, 3.63) is 53.6 Å². The molecule has 1 amide bonds. The molecule has 1 heterocycles. The van der Waals surface area contributed by atoms with Crippen LogP contribution in [0.3, 0.4) is 0 Å². The van der Waals surface area contributed by atoms with Crippen LogP contribution in [0.5, 0.6) is 11.5 Å². The summed E-state index contributed by atoms with van der Waals surface area (Å²) in [6, 6.07) is 13.9. The Labute approximate surface area is 151 Å². The summed E-state index contributed by atoms with van der Waals surface area (Å²) in [5.41, 5.74) is 2.06. The lowest BCUT2D eigenvalue weighted by atomic mass is 10.1. The van der Waals surface area contributed by atoms with E-state index >= 15 is 0 Å². The number of carbonyl (C=O) groups excluding carboxylic acids is 2. The predicted octanol–water partition coefficient (Wildman–Crippen LogP) is 2.84. The molecular formula is C20H18N2O4. The maximum absolute atomic E-state index is 12.2. The summed E-state index contributed by atoms with van der Waals surface area (Å²) in [6.07, 6.45) is 1.55. The molecule has 1 saturated heterocycles. The van der Waals surface area contributed by atoms with Crippen LogP contribution >= 0.6 is 0 Å². The molecule has 0 radical (unpaired) electrons. The van der Waals surface area contributed by atoms with Crippen molar-refractivity contribution in [1.29, 1.82) is 5.26 Å². The Morgan fingerprint density at radius 3 is 2.58 bits per heavy atom. The molecule has 6 nitrogen and oxygen atoms in total. The number of carbonyl (C=O) groups is 2. The lowest BCUT2D eigenvalue weighted by molar-refractivity contribution is -0.133. The summed E-state index contributed by atoms with van der Waals surface area (Å²) in [4.78, 5) is 25.7. The average Bonchev–Trinajstić information content (AvgIpc) is 3.08. The van der Waals surface area contributed by atoms with Gasteiger partial charge in [-0.2, -0.15) is 5.26 Å². The largest absolute Gasteiger partial charge is 0.493 e. The lowest BCUT2D eigenvalue weighted by Crippen LogP contribution is -2.23. The molecule has 1 aliphatic heterocycles. The highest BCUT2D eigenvalue weighted by atomic mass is 16.6. The van der Waals surface area contributed by atoms with Crippen LogP contribution in [0, 0.1) is 11.3 Å². The molecule has 0 N–H and O–H groups in total. The Morgan fingerprint density at radius 2 is 1.96 bits per heavy atom. The molecular weight excluding hydrogens is 332 g/mol. The number of benzene rings is 2. The number of nitrogens with zero attached hydrogens (tertiary/aromatic N) is 2. The number of hydrogen-bond acceptors (Lipinski definition) is 5. The Morgan fingerprint density at radius 1 is 1.19 bits per heavy atom. The van der Waals surface area contributed by atoms with Crippen LogP contribution in [-0.2, 0) is 16.0 Å². The molecule has 0 spiro atoms. The molecule has 0 atom stereocenters. The fourth-order valence-corrected chi connectivity index (χ4v) is 2.86. The summed E-state index contributed by atoms with van der Waals surface area (Å²) in [6.45, 7) is 0.735. The van der Waals surface area contributed by atoms with E-state index in [1.54, 1.807) is 11.0 Å². The summed E-state index contributed by atoms with van der Waals surface area (Å²) in [5, 5.41) is 8.90. The van der Waals surface area contributed by atoms with Crippen molar-refractivity contribution in [3.8, 4) is 17.6 Å². The molecule has 0 aliphatic carbocycles.